The number of para-hydroxylation sites is 1. The lowest BCUT2D eigenvalue weighted by Gasteiger charge is -2.01. The molecule has 2 aromatic carbocycles. The number of ether oxygens (including phenoxy) is 1. The summed E-state index contributed by atoms with van der Waals surface area (Å²) in [7, 11) is 1.35. The molecule has 5 aromatic rings. The molecule has 0 radical (unpaired) electrons. The zero-order chi connectivity index (χ0) is 22.1. The van der Waals surface area contributed by atoms with Gasteiger partial charge < -0.3 is 4.74 Å². The molecular formula is C23H15N3O3S3. The van der Waals surface area contributed by atoms with Gasteiger partial charge in [-0.3, -0.25) is 10.1 Å². The van der Waals surface area contributed by atoms with Crippen molar-refractivity contribution in [3.05, 3.63) is 76.5 Å². The molecule has 0 unspecified atom stereocenters. The van der Waals surface area contributed by atoms with Crippen LogP contribution in [0.1, 0.15) is 20.0 Å². The van der Waals surface area contributed by atoms with Crippen molar-refractivity contribution in [1.29, 1.82) is 0 Å². The number of amides is 1. The van der Waals surface area contributed by atoms with Crippen LogP contribution in [0.5, 0.6) is 0 Å². The molecule has 32 heavy (non-hydrogen) atoms. The number of thiophene rings is 1. The number of nitrogens with one attached hydrogen (secondary N) is 1. The Morgan fingerprint density at radius 2 is 1.75 bits per heavy atom. The van der Waals surface area contributed by atoms with E-state index in [-0.39, 0.29) is 11.9 Å². The van der Waals surface area contributed by atoms with E-state index in [1.807, 2.05) is 35.7 Å². The van der Waals surface area contributed by atoms with Crippen molar-refractivity contribution in [2.24, 2.45) is 0 Å². The third-order valence-electron chi connectivity index (χ3n) is 4.66. The van der Waals surface area contributed by atoms with E-state index in [0.717, 1.165) is 31.4 Å². The first-order valence-electron chi connectivity index (χ1n) is 9.52. The third kappa shape index (κ3) is 4.05. The average molecular weight is 478 g/mol. The van der Waals surface area contributed by atoms with E-state index in [0.29, 0.717) is 15.6 Å². The van der Waals surface area contributed by atoms with Crippen LogP contribution in [0.4, 0.5) is 5.13 Å². The number of fused-ring (bicyclic) bond motifs is 1. The number of thiazole rings is 2. The Bertz CT molecular complexity index is 1400. The summed E-state index contributed by atoms with van der Waals surface area (Å²) in [6.07, 6.45) is 0. The lowest BCUT2D eigenvalue weighted by Crippen LogP contribution is -2.09. The fourth-order valence-corrected chi connectivity index (χ4v) is 5.71. The molecule has 0 bridgehead atoms. The number of rotatable bonds is 5. The summed E-state index contributed by atoms with van der Waals surface area (Å²) >= 11 is 4.37. The average Bonchev–Trinajstić information content (AvgIpc) is 3.57. The smallest absolute Gasteiger partial charge is 0.337 e. The van der Waals surface area contributed by atoms with Gasteiger partial charge >= 0.3 is 5.97 Å². The van der Waals surface area contributed by atoms with Gasteiger partial charge in [-0.25, -0.2) is 14.8 Å². The van der Waals surface area contributed by atoms with E-state index in [1.54, 1.807) is 41.7 Å². The van der Waals surface area contributed by atoms with Gasteiger partial charge in [-0.15, -0.1) is 34.0 Å². The summed E-state index contributed by atoms with van der Waals surface area (Å²) in [6.45, 7) is 0. The molecule has 9 heteroatoms. The molecule has 0 aliphatic carbocycles. The number of hydrogen-bond acceptors (Lipinski definition) is 8. The van der Waals surface area contributed by atoms with Crippen LogP contribution in [-0.2, 0) is 4.74 Å². The molecule has 3 heterocycles. The highest BCUT2D eigenvalue weighted by Crippen LogP contribution is 2.35. The van der Waals surface area contributed by atoms with Gasteiger partial charge in [0.05, 0.1) is 38.3 Å². The highest BCUT2D eigenvalue weighted by atomic mass is 32.1. The molecule has 1 N–H and O–H groups in total. The van der Waals surface area contributed by atoms with E-state index in [4.69, 9.17) is 4.74 Å². The van der Waals surface area contributed by atoms with Gasteiger partial charge in [-0.2, -0.15) is 0 Å². The third-order valence-corrected chi connectivity index (χ3v) is 7.71. The van der Waals surface area contributed by atoms with Crippen LogP contribution in [0.15, 0.2) is 66.0 Å². The molecule has 0 aliphatic rings. The number of hydrogen-bond donors (Lipinski definition) is 1. The highest BCUT2D eigenvalue weighted by Gasteiger charge is 2.15. The Labute approximate surface area is 195 Å². The van der Waals surface area contributed by atoms with Crippen LogP contribution < -0.4 is 5.32 Å². The second-order valence-electron chi connectivity index (χ2n) is 6.71. The normalized spacial score (nSPS) is 10.9. The summed E-state index contributed by atoms with van der Waals surface area (Å²) in [4.78, 5) is 35.0. The van der Waals surface area contributed by atoms with Crippen LogP contribution in [-0.4, -0.2) is 29.0 Å². The molecular weight excluding hydrogens is 462 g/mol. The number of carbonyl (C=O) groups is 2. The summed E-state index contributed by atoms with van der Waals surface area (Å²) in [5, 5.41) is 6.15. The van der Waals surface area contributed by atoms with Crippen molar-refractivity contribution in [3.8, 4) is 21.1 Å². The first-order valence-corrected chi connectivity index (χ1v) is 12.0. The second kappa shape index (κ2) is 8.62. The summed E-state index contributed by atoms with van der Waals surface area (Å²) in [5.74, 6) is -0.590. The first kappa shape index (κ1) is 20.5. The lowest BCUT2D eigenvalue weighted by atomic mass is 10.1. The number of esters is 1. The Morgan fingerprint density at radius 3 is 2.53 bits per heavy atom. The minimum atomic E-state index is -0.385. The Morgan fingerprint density at radius 1 is 0.938 bits per heavy atom. The molecule has 0 aliphatic heterocycles. The van der Waals surface area contributed by atoms with E-state index in [9.17, 15) is 9.59 Å². The minimum Gasteiger partial charge on any atom is -0.465 e. The molecule has 1 amide bonds. The molecule has 0 saturated heterocycles. The number of aromatic nitrogens is 2. The number of methoxy groups -OCH3 is 1. The van der Waals surface area contributed by atoms with Gasteiger partial charge in [0, 0.05) is 10.9 Å². The summed E-state index contributed by atoms with van der Waals surface area (Å²) in [5.41, 5.74) is 3.01. The zero-order valence-corrected chi connectivity index (χ0v) is 19.1. The quantitative estimate of drug-likeness (QED) is 0.305. The maximum absolute atomic E-state index is 12.7. The number of carbonyl (C=O) groups excluding carboxylic acids is 2. The van der Waals surface area contributed by atoms with Crippen molar-refractivity contribution >= 4 is 61.2 Å². The van der Waals surface area contributed by atoms with Gasteiger partial charge in [-0.05, 0) is 36.4 Å². The van der Waals surface area contributed by atoms with E-state index in [1.165, 1.54) is 29.8 Å². The van der Waals surface area contributed by atoms with Gasteiger partial charge in [0.15, 0.2) is 5.13 Å². The number of benzene rings is 2. The maximum Gasteiger partial charge on any atom is 0.337 e. The van der Waals surface area contributed by atoms with Crippen LogP contribution in [0, 0.1) is 0 Å². The molecule has 5 rings (SSSR count). The van der Waals surface area contributed by atoms with Crippen molar-refractivity contribution < 1.29 is 14.3 Å². The molecule has 158 valence electrons. The SMILES string of the molecule is COC(=O)c1ccc(-c2csc(NC(=O)c3ccc(-c4nc5ccccc5s4)s3)n2)cc1. The minimum absolute atomic E-state index is 0.204. The van der Waals surface area contributed by atoms with E-state index in [2.05, 4.69) is 15.3 Å². The molecule has 0 fully saturated rings. The predicted molar refractivity (Wildman–Crippen MR) is 130 cm³/mol. The Hall–Kier alpha value is -3.40. The summed E-state index contributed by atoms with van der Waals surface area (Å²) in [6, 6.07) is 18.7. The van der Waals surface area contributed by atoms with Crippen molar-refractivity contribution in [3.63, 3.8) is 0 Å². The van der Waals surface area contributed by atoms with Crippen LogP contribution in [0.3, 0.4) is 0 Å². The Kier molecular flexibility index (Phi) is 5.52. The molecule has 0 spiro atoms. The van der Waals surface area contributed by atoms with Gasteiger partial charge in [0.25, 0.3) is 5.91 Å². The molecule has 3 aromatic heterocycles. The largest absolute Gasteiger partial charge is 0.465 e. The van der Waals surface area contributed by atoms with Crippen molar-refractivity contribution in [2.75, 3.05) is 12.4 Å². The maximum atomic E-state index is 12.7. The van der Waals surface area contributed by atoms with E-state index < -0.39 is 0 Å². The zero-order valence-electron chi connectivity index (χ0n) is 16.7. The Balaban J connectivity index is 1.30. The molecule has 0 atom stereocenters. The molecule has 0 saturated carbocycles. The highest BCUT2D eigenvalue weighted by molar-refractivity contribution is 7.26. The topological polar surface area (TPSA) is 81.2 Å². The predicted octanol–water partition coefficient (Wildman–Crippen LogP) is 6.19. The monoisotopic (exact) mass is 477 g/mol. The van der Waals surface area contributed by atoms with Gasteiger partial charge in [0.2, 0.25) is 0 Å². The van der Waals surface area contributed by atoms with E-state index >= 15 is 0 Å². The fourth-order valence-electron chi connectivity index (χ4n) is 3.07. The molecule has 6 nitrogen and oxygen atoms in total. The van der Waals surface area contributed by atoms with Crippen LogP contribution >= 0.6 is 34.0 Å². The van der Waals surface area contributed by atoms with Crippen molar-refractivity contribution in [2.45, 2.75) is 0 Å². The number of anilines is 1. The van der Waals surface area contributed by atoms with Crippen molar-refractivity contribution in [1.82, 2.24) is 9.97 Å². The van der Waals surface area contributed by atoms with Gasteiger partial charge in [-0.1, -0.05) is 24.3 Å². The fraction of sp³-hybridized carbons (Fsp3) is 0.0435. The summed E-state index contributed by atoms with van der Waals surface area (Å²) < 4.78 is 5.84. The standard InChI is InChI=1S/C23H15N3O3S3/c1-29-22(28)14-8-6-13(7-9-14)16-12-30-23(25-16)26-20(27)18-10-11-19(31-18)21-24-15-4-2-3-5-17(15)32-21/h2-12H,1H3,(H,25,26,27). The second-order valence-corrected chi connectivity index (χ2v) is 9.68. The van der Waals surface area contributed by atoms with Crippen LogP contribution in [0.2, 0.25) is 0 Å². The lowest BCUT2D eigenvalue weighted by molar-refractivity contribution is 0.0600. The number of nitrogens with zero attached hydrogens (tertiary/aromatic N) is 2. The van der Waals surface area contributed by atoms with Gasteiger partial charge in [0.1, 0.15) is 5.01 Å². The first-order chi connectivity index (χ1) is 15.6. The van der Waals surface area contributed by atoms with Crippen LogP contribution in [0.25, 0.3) is 31.4 Å².